The van der Waals surface area contributed by atoms with Gasteiger partial charge in [0.1, 0.15) is 0 Å². The lowest BCUT2D eigenvalue weighted by molar-refractivity contribution is 0.0650. The number of pyridine rings is 1. The van der Waals surface area contributed by atoms with Gasteiger partial charge in [-0.05, 0) is 23.6 Å². The predicted octanol–water partition coefficient (Wildman–Crippen LogP) is 3.19. The zero-order chi connectivity index (χ0) is 16.9. The number of rotatable bonds is 6. The molecule has 3 aromatic rings. The summed E-state index contributed by atoms with van der Waals surface area (Å²) in [6, 6.07) is 10.3. The van der Waals surface area contributed by atoms with Crippen molar-refractivity contribution in [1.29, 1.82) is 0 Å². The van der Waals surface area contributed by atoms with Crippen LogP contribution in [0.1, 0.15) is 16.3 Å². The molecule has 0 aliphatic carbocycles. The van der Waals surface area contributed by atoms with Gasteiger partial charge in [0.15, 0.2) is 0 Å². The van der Waals surface area contributed by atoms with Gasteiger partial charge in [0, 0.05) is 49.4 Å². The number of ether oxygens (including phenoxy) is 1. The van der Waals surface area contributed by atoms with Gasteiger partial charge >= 0.3 is 0 Å². The molecule has 0 saturated heterocycles. The first-order chi connectivity index (χ1) is 12.4. The van der Waals surface area contributed by atoms with Gasteiger partial charge in [-0.15, -0.1) is 11.3 Å². The molecule has 0 aromatic carbocycles. The van der Waals surface area contributed by atoms with Crippen molar-refractivity contribution in [2.45, 2.75) is 26.2 Å². The Morgan fingerprint density at radius 3 is 3.04 bits per heavy atom. The van der Waals surface area contributed by atoms with Crippen LogP contribution in [-0.2, 0) is 31.0 Å². The average Bonchev–Trinajstić information content (AvgIpc) is 3.25. The second-order valence-electron chi connectivity index (χ2n) is 6.49. The third kappa shape index (κ3) is 4.34. The normalized spacial score (nSPS) is 18.0. The van der Waals surface area contributed by atoms with E-state index in [0.29, 0.717) is 12.5 Å². The highest BCUT2D eigenvalue weighted by Crippen LogP contribution is 2.20. The predicted molar refractivity (Wildman–Crippen MR) is 98.0 cm³/mol. The molecule has 0 amide bonds. The largest absolute Gasteiger partial charge is 0.375 e. The lowest BCUT2D eigenvalue weighted by Crippen LogP contribution is -2.29. The summed E-state index contributed by atoms with van der Waals surface area (Å²) in [5, 5.41) is 2.14. The number of thiophene rings is 1. The fraction of sp³-hybridized carbons (Fsp3) is 0.368. The molecule has 4 rings (SSSR count). The Morgan fingerprint density at radius 2 is 2.20 bits per heavy atom. The summed E-state index contributed by atoms with van der Waals surface area (Å²) in [6.07, 6.45) is 5.74. The summed E-state index contributed by atoms with van der Waals surface area (Å²) in [7, 11) is 0. The third-order valence-corrected chi connectivity index (χ3v) is 5.31. The average molecular weight is 354 g/mol. The Kier molecular flexibility index (Phi) is 5.20. The second-order valence-corrected chi connectivity index (χ2v) is 7.52. The molecule has 0 fully saturated rings. The van der Waals surface area contributed by atoms with Gasteiger partial charge in [-0.25, -0.2) is 4.98 Å². The highest BCUT2D eigenvalue weighted by molar-refractivity contribution is 7.09. The van der Waals surface area contributed by atoms with Gasteiger partial charge < -0.3 is 9.30 Å². The first kappa shape index (κ1) is 16.4. The van der Waals surface area contributed by atoms with Gasteiger partial charge in [-0.1, -0.05) is 12.1 Å². The van der Waals surface area contributed by atoms with Crippen LogP contribution in [0.4, 0.5) is 0 Å². The topological polar surface area (TPSA) is 43.2 Å². The quantitative estimate of drug-likeness (QED) is 0.682. The van der Waals surface area contributed by atoms with Gasteiger partial charge in [-0.2, -0.15) is 0 Å². The van der Waals surface area contributed by atoms with E-state index < -0.39 is 0 Å². The maximum atomic E-state index is 5.97. The summed E-state index contributed by atoms with van der Waals surface area (Å²) in [5.41, 5.74) is 2.26. The van der Waals surface area contributed by atoms with Crippen molar-refractivity contribution < 1.29 is 4.74 Å². The Balaban J connectivity index is 1.40. The number of hydrogen-bond acceptors (Lipinski definition) is 5. The Labute approximate surface area is 151 Å². The molecule has 5 nitrogen and oxygen atoms in total. The lowest BCUT2D eigenvalue weighted by atomic mass is 10.1. The molecular formula is C19H22N4OS. The molecule has 1 atom stereocenters. The van der Waals surface area contributed by atoms with Crippen LogP contribution < -0.4 is 0 Å². The number of aromatic nitrogens is 3. The van der Waals surface area contributed by atoms with Crippen LogP contribution in [0.2, 0.25) is 0 Å². The van der Waals surface area contributed by atoms with Crippen molar-refractivity contribution in [3.63, 3.8) is 0 Å². The van der Waals surface area contributed by atoms with Crippen LogP contribution in [0, 0.1) is 5.92 Å². The van der Waals surface area contributed by atoms with E-state index in [1.54, 1.807) is 0 Å². The second kappa shape index (κ2) is 7.91. The van der Waals surface area contributed by atoms with E-state index in [9.17, 15) is 0 Å². The highest BCUT2D eigenvalue weighted by atomic mass is 32.1. The molecule has 0 N–H and O–H groups in total. The Hall–Kier alpha value is -2.02. The van der Waals surface area contributed by atoms with Crippen LogP contribution in [-0.4, -0.2) is 32.6 Å². The van der Waals surface area contributed by atoms with E-state index in [-0.39, 0.29) is 0 Å². The minimum atomic E-state index is 0.444. The van der Waals surface area contributed by atoms with Crippen molar-refractivity contribution in [2.24, 2.45) is 5.92 Å². The van der Waals surface area contributed by atoms with E-state index in [2.05, 4.69) is 36.9 Å². The van der Waals surface area contributed by atoms with Crippen LogP contribution >= 0.6 is 11.3 Å². The summed E-state index contributed by atoms with van der Waals surface area (Å²) in [5.74, 6) is 0.444. The van der Waals surface area contributed by atoms with Crippen molar-refractivity contribution in [3.8, 4) is 0 Å². The van der Waals surface area contributed by atoms with Gasteiger partial charge in [0.2, 0.25) is 0 Å². The summed E-state index contributed by atoms with van der Waals surface area (Å²) >= 11 is 1.82. The van der Waals surface area contributed by atoms with Gasteiger partial charge in [0.25, 0.3) is 0 Å². The fourth-order valence-electron chi connectivity index (χ4n) is 3.30. The lowest BCUT2D eigenvalue weighted by Gasteiger charge is -2.23. The first-order valence-electron chi connectivity index (χ1n) is 8.58. The van der Waals surface area contributed by atoms with Crippen LogP contribution in [0.25, 0.3) is 0 Å². The van der Waals surface area contributed by atoms with Crippen LogP contribution in [0.3, 0.4) is 0 Å². The van der Waals surface area contributed by atoms with Crippen LogP contribution in [0.15, 0.2) is 54.4 Å². The smallest absolute Gasteiger partial charge is 0.0948 e. The zero-order valence-corrected chi connectivity index (χ0v) is 14.9. The summed E-state index contributed by atoms with van der Waals surface area (Å²) in [4.78, 5) is 12.6. The fourth-order valence-corrected chi connectivity index (χ4v) is 4.05. The monoisotopic (exact) mass is 354 g/mol. The molecule has 0 spiro atoms. The van der Waals surface area contributed by atoms with Crippen molar-refractivity contribution >= 4 is 11.3 Å². The van der Waals surface area contributed by atoms with Crippen molar-refractivity contribution in [3.05, 3.63) is 70.7 Å². The van der Waals surface area contributed by atoms with Gasteiger partial charge in [-0.3, -0.25) is 9.88 Å². The van der Waals surface area contributed by atoms with E-state index >= 15 is 0 Å². The van der Waals surface area contributed by atoms with Crippen molar-refractivity contribution in [2.75, 3.05) is 13.2 Å². The highest BCUT2D eigenvalue weighted by Gasteiger charge is 2.22. The van der Waals surface area contributed by atoms with Crippen LogP contribution in [0.5, 0.6) is 0 Å². The minimum absolute atomic E-state index is 0.444. The van der Waals surface area contributed by atoms with E-state index in [1.807, 2.05) is 48.3 Å². The maximum absolute atomic E-state index is 5.97. The molecule has 1 aliphatic heterocycles. The first-order valence-corrected chi connectivity index (χ1v) is 9.46. The third-order valence-electron chi connectivity index (χ3n) is 4.44. The molecule has 25 heavy (non-hydrogen) atoms. The molecule has 1 aliphatic rings. The maximum Gasteiger partial charge on any atom is 0.0948 e. The van der Waals surface area contributed by atoms with Crippen molar-refractivity contribution in [1.82, 2.24) is 19.4 Å². The zero-order valence-electron chi connectivity index (χ0n) is 14.1. The number of fused-ring (bicyclic) bond motifs is 1. The summed E-state index contributed by atoms with van der Waals surface area (Å²) in [6.45, 7) is 5.21. The number of hydrogen-bond donors (Lipinski definition) is 0. The molecule has 0 unspecified atom stereocenters. The molecular weight excluding hydrogens is 332 g/mol. The molecule has 3 aromatic heterocycles. The molecule has 130 valence electrons. The van der Waals surface area contributed by atoms with E-state index in [1.165, 1.54) is 10.6 Å². The molecule has 0 bridgehead atoms. The van der Waals surface area contributed by atoms with Gasteiger partial charge in [0.05, 0.1) is 30.9 Å². The minimum Gasteiger partial charge on any atom is -0.375 e. The Morgan fingerprint density at radius 1 is 1.20 bits per heavy atom. The Bertz CT molecular complexity index is 772. The molecule has 6 heteroatoms. The molecule has 0 saturated carbocycles. The molecule has 4 heterocycles. The molecule has 0 radical (unpaired) electrons. The van der Waals surface area contributed by atoms with E-state index in [4.69, 9.17) is 4.74 Å². The SMILES string of the molecule is c1ccc(COC[C@@H]2CN(Cc3cccs3)Cc3cncn3C2)nc1. The van der Waals surface area contributed by atoms with E-state index in [0.717, 1.165) is 38.5 Å². The summed E-state index contributed by atoms with van der Waals surface area (Å²) < 4.78 is 8.24. The number of imidazole rings is 1. The number of nitrogens with zero attached hydrogens (tertiary/aromatic N) is 4. The standard InChI is InChI=1S/C19H22N4OS/c1-2-6-21-17(4-1)14-24-13-16-9-22(12-19-5-3-7-25-19)11-18-8-20-15-23(18)10-16/h1-8,15-16H,9-14H2/t16-/m1/s1.